The minimum Gasteiger partial charge on any atom is -0.445 e. The summed E-state index contributed by atoms with van der Waals surface area (Å²) in [5.41, 5.74) is 0.679. The molecule has 0 bridgehead atoms. The number of aliphatic hydroxyl groups is 2. The van der Waals surface area contributed by atoms with Crippen molar-refractivity contribution in [2.45, 2.75) is 94.3 Å². The van der Waals surface area contributed by atoms with Crippen molar-refractivity contribution in [3.05, 3.63) is 66.2 Å². The molecule has 1 aliphatic heterocycles. The predicted octanol–water partition coefficient (Wildman–Crippen LogP) is 5.02. The van der Waals surface area contributed by atoms with E-state index in [0.717, 1.165) is 23.4 Å². The highest BCUT2D eigenvalue weighted by Gasteiger charge is 2.41. The van der Waals surface area contributed by atoms with Crippen molar-refractivity contribution in [2.75, 3.05) is 18.8 Å². The number of alkyl carbamates (subject to hydrolysis) is 1. The fourth-order valence-electron chi connectivity index (χ4n) is 6.04. The fourth-order valence-corrected chi connectivity index (χ4v) is 7.07. The highest BCUT2D eigenvalue weighted by Crippen LogP contribution is 2.39. The molecule has 0 radical (unpaired) electrons. The Kier molecular flexibility index (Phi) is 11.3. The lowest BCUT2D eigenvalue weighted by atomic mass is 9.72. The Bertz CT molecular complexity index is 1040. The van der Waals surface area contributed by atoms with Crippen LogP contribution >= 0.6 is 11.8 Å². The molecule has 1 heterocycles. The van der Waals surface area contributed by atoms with Crippen molar-refractivity contribution in [1.82, 2.24) is 15.5 Å². The first-order valence-corrected chi connectivity index (χ1v) is 15.7. The zero-order chi connectivity index (χ0) is 28.5. The molecular weight excluding hydrogens is 522 g/mol. The number of carbonyl (C=O) groups is 1. The van der Waals surface area contributed by atoms with E-state index in [9.17, 15) is 15.0 Å². The van der Waals surface area contributed by atoms with Crippen molar-refractivity contribution in [3.63, 3.8) is 0 Å². The smallest absolute Gasteiger partial charge is 0.407 e. The molecule has 1 saturated heterocycles. The van der Waals surface area contributed by atoms with Crippen LogP contribution in [0.25, 0.3) is 0 Å². The van der Waals surface area contributed by atoms with Gasteiger partial charge in [-0.25, -0.2) is 4.79 Å². The summed E-state index contributed by atoms with van der Waals surface area (Å²) in [6.45, 7) is 7.57. The quantitative estimate of drug-likeness (QED) is 0.223. The van der Waals surface area contributed by atoms with Gasteiger partial charge in [0.1, 0.15) is 12.8 Å². The summed E-state index contributed by atoms with van der Waals surface area (Å²) in [6, 6.07) is 19.0. The lowest BCUT2D eigenvalue weighted by molar-refractivity contribution is -0.0636. The number of carbonyl (C=O) groups excluding carboxylic acids is 1. The predicted molar refractivity (Wildman–Crippen MR) is 161 cm³/mol. The molecule has 2 fully saturated rings. The van der Waals surface area contributed by atoms with Crippen LogP contribution in [0, 0.1) is 11.8 Å². The number of ether oxygens (including phenoxy) is 1. The number of benzene rings is 2. The van der Waals surface area contributed by atoms with Crippen LogP contribution in [-0.2, 0) is 11.3 Å². The average molecular weight is 570 g/mol. The van der Waals surface area contributed by atoms with E-state index in [2.05, 4.69) is 36.3 Å². The zero-order valence-corrected chi connectivity index (χ0v) is 25.0. The van der Waals surface area contributed by atoms with Crippen LogP contribution in [0.1, 0.15) is 58.4 Å². The van der Waals surface area contributed by atoms with Gasteiger partial charge < -0.3 is 20.3 Å². The number of fused-ring (bicyclic) bond motifs is 1. The van der Waals surface area contributed by atoms with E-state index in [1.807, 2.05) is 60.7 Å². The van der Waals surface area contributed by atoms with Crippen molar-refractivity contribution in [1.29, 1.82) is 0 Å². The number of aliphatic hydroxyl groups excluding tert-OH is 2. The molecule has 1 aliphatic carbocycles. The van der Waals surface area contributed by atoms with Gasteiger partial charge in [0.2, 0.25) is 0 Å². The lowest BCUT2D eigenvalue weighted by Gasteiger charge is -2.49. The van der Waals surface area contributed by atoms with Crippen molar-refractivity contribution in [2.24, 2.45) is 11.8 Å². The molecule has 6 atom stereocenters. The summed E-state index contributed by atoms with van der Waals surface area (Å²) in [7, 11) is 0. The summed E-state index contributed by atoms with van der Waals surface area (Å²) in [6.07, 6.45) is 3.76. The second kappa shape index (κ2) is 14.7. The monoisotopic (exact) mass is 569 g/mol. The summed E-state index contributed by atoms with van der Waals surface area (Å²) in [4.78, 5) is 16.2. The van der Waals surface area contributed by atoms with Crippen molar-refractivity contribution >= 4 is 17.9 Å². The maximum absolute atomic E-state index is 12.8. The molecule has 4 N–H and O–H groups in total. The van der Waals surface area contributed by atoms with Gasteiger partial charge in [-0.2, -0.15) is 0 Å². The normalized spacial score (nSPS) is 24.0. The summed E-state index contributed by atoms with van der Waals surface area (Å²) in [5.74, 6) is 1.69. The van der Waals surface area contributed by atoms with Gasteiger partial charge >= 0.3 is 6.09 Å². The third-order valence-electron chi connectivity index (χ3n) is 8.07. The van der Waals surface area contributed by atoms with Gasteiger partial charge in [-0.1, -0.05) is 67.8 Å². The number of nitrogens with zero attached hydrogens (tertiary/aromatic N) is 1. The molecule has 0 spiro atoms. The number of thioether (sulfide) groups is 1. The van der Waals surface area contributed by atoms with Gasteiger partial charge in [-0.15, -0.1) is 11.8 Å². The molecule has 2 aromatic carbocycles. The third kappa shape index (κ3) is 9.48. The average Bonchev–Trinajstić information content (AvgIpc) is 2.94. The topological polar surface area (TPSA) is 94.1 Å². The van der Waals surface area contributed by atoms with E-state index in [0.29, 0.717) is 24.1 Å². The van der Waals surface area contributed by atoms with E-state index < -0.39 is 24.5 Å². The Morgan fingerprint density at radius 3 is 2.35 bits per heavy atom. The van der Waals surface area contributed by atoms with E-state index in [1.165, 1.54) is 25.7 Å². The van der Waals surface area contributed by atoms with Crippen LogP contribution in [0.2, 0.25) is 0 Å². The molecule has 40 heavy (non-hydrogen) atoms. The van der Waals surface area contributed by atoms with Crippen molar-refractivity contribution in [3.8, 4) is 0 Å². The zero-order valence-electron chi connectivity index (χ0n) is 24.2. The minimum atomic E-state index is -0.829. The van der Waals surface area contributed by atoms with Crippen molar-refractivity contribution < 1.29 is 19.7 Å². The van der Waals surface area contributed by atoms with Gasteiger partial charge in [-0.3, -0.25) is 10.2 Å². The number of hydrogen-bond donors (Lipinski definition) is 4. The molecular formula is C32H47N3O4S. The van der Waals surface area contributed by atoms with Gasteiger partial charge in [-0.05, 0) is 63.1 Å². The summed E-state index contributed by atoms with van der Waals surface area (Å²) < 4.78 is 5.50. The molecule has 2 aromatic rings. The van der Waals surface area contributed by atoms with E-state index in [-0.39, 0.29) is 18.2 Å². The molecule has 220 valence electrons. The fraction of sp³-hybridized carbons (Fsp3) is 0.594. The standard InChI is InChI=1S/C32H47N3O4S/c1-32(2,3)34-30(37)28-18-24-14-10-11-15-25(24)19-35(28)20-29(36)27(22-40-26-16-8-5-9-17-26)33-31(38)39-21-23-12-6-4-7-13-23/h4-9,12-13,16-17,24-25,27-30,34,36-37H,10-11,14-15,18-22H2,1-3H3,(H,33,38)/t24-,25+,27-,28-,29+,30+/m0/s1. The molecule has 0 aromatic heterocycles. The molecule has 1 saturated carbocycles. The van der Waals surface area contributed by atoms with Crippen LogP contribution in [0.4, 0.5) is 4.79 Å². The number of piperidine rings is 1. The number of nitrogens with one attached hydrogen (secondary N) is 2. The lowest BCUT2D eigenvalue weighted by Crippen LogP contribution is -2.62. The Labute approximate surface area is 244 Å². The number of β-amino-alcohol motifs (C(OH)–C–C–N with tert-alkyl or cyclic N) is 1. The first-order valence-electron chi connectivity index (χ1n) is 14.7. The largest absolute Gasteiger partial charge is 0.445 e. The Hall–Kier alpha value is -2.10. The van der Waals surface area contributed by atoms with Crippen LogP contribution in [0.5, 0.6) is 0 Å². The molecule has 2 aliphatic rings. The van der Waals surface area contributed by atoms with Gasteiger partial charge in [0, 0.05) is 35.3 Å². The SMILES string of the molecule is CC(C)(C)N[C@H](O)[C@@H]1C[C@@H]2CCCC[C@@H]2CN1C[C@@H](O)[C@H](CSc1ccccc1)NC(=O)OCc1ccccc1. The molecule has 7 nitrogen and oxygen atoms in total. The maximum atomic E-state index is 12.8. The minimum absolute atomic E-state index is 0.0966. The second-order valence-corrected chi connectivity index (χ2v) is 13.5. The van der Waals surface area contributed by atoms with E-state index >= 15 is 0 Å². The molecule has 8 heteroatoms. The van der Waals surface area contributed by atoms with Gasteiger partial charge in [0.05, 0.1) is 12.1 Å². The first kappa shape index (κ1) is 30.8. The van der Waals surface area contributed by atoms with Crippen LogP contribution < -0.4 is 10.6 Å². The Morgan fingerprint density at radius 2 is 1.68 bits per heavy atom. The number of rotatable bonds is 11. The Balaban J connectivity index is 1.45. The first-order chi connectivity index (χ1) is 19.2. The summed E-state index contributed by atoms with van der Waals surface area (Å²) in [5, 5.41) is 29.2. The van der Waals surface area contributed by atoms with Crippen LogP contribution in [0.15, 0.2) is 65.6 Å². The van der Waals surface area contributed by atoms with E-state index in [1.54, 1.807) is 11.8 Å². The maximum Gasteiger partial charge on any atom is 0.407 e. The number of hydrogen-bond acceptors (Lipinski definition) is 7. The van der Waals surface area contributed by atoms with Crippen LogP contribution in [0.3, 0.4) is 0 Å². The van der Waals surface area contributed by atoms with Gasteiger partial charge in [0.25, 0.3) is 0 Å². The highest BCUT2D eigenvalue weighted by molar-refractivity contribution is 7.99. The second-order valence-electron chi connectivity index (χ2n) is 12.4. The van der Waals surface area contributed by atoms with E-state index in [4.69, 9.17) is 4.74 Å². The van der Waals surface area contributed by atoms with Crippen LogP contribution in [-0.4, -0.2) is 70.0 Å². The molecule has 0 unspecified atom stereocenters. The summed E-state index contributed by atoms with van der Waals surface area (Å²) >= 11 is 1.60. The molecule has 1 amide bonds. The Morgan fingerprint density at radius 1 is 1.02 bits per heavy atom. The number of amides is 1. The number of likely N-dealkylation sites (tertiary alicyclic amines) is 1. The third-order valence-corrected chi connectivity index (χ3v) is 9.20. The highest BCUT2D eigenvalue weighted by atomic mass is 32.2. The molecule has 4 rings (SSSR count). The van der Waals surface area contributed by atoms with Gasteiger partial charge in [0.15, 0.2) is 0 Å².